The van der Waals surface area contributed by atoms with Gasteiger partial charge in [-0.2, -0.15) is 10.2 Å². The van der Waals surface area contributed by atoms with Gasteiger partial charge in [0, 0.05) is 12.1 Å². The Kier molecular flexibility index (Phi) is 5.70. The van der Waals surface area contributed by atoms with Crippen molar-refractivity contribution in [3.05, 3.63) is 35.9 Å². The van der Waals surface area contributed by atoms with Gasteiger partial charge in [0.25, 0.3) is 0 Å². The molecule has 8 nitrogen and oxygen atoms in total. The predicted octanol–water partition coefficient (Wildman–Crippen LogP) is 0.493. The summed E-state index contributed by atoms with van der Waals surface area (Å²) < 4.78 is 0. The number of benzene rings is 1. The van der Waals surface area contributed by atoms with Crippen molar-refractivity contribution in [3.8, 4) is 0 Å². The van der Waals surface area contributed by atoms with Crippen LogP contribution in [-0.4, -0.2) is 23.5 Å². The van der Waals surface area contributed by atoms with E-state index in [0.29, 0.717) is 17.8 Å². The Morgan fingerprint density at radius 1 is 1.05 bits per heavy atom. The van der Waals surface area contributed by atoms with Crippen LogP contribution in [0.4, 0.5) is 9.59 Å². The molecule has 0 fully saturated rings. The third-order valence-electron chi connectivity index (χ3n) is 2.19. The van der Waals surface area contributed by atoms with Gasteiger partial charge in [0.05, 0.1) is 5.71 Å². The molecule has 0 saturated heterocycles. The zero-order valence-corrected chi connectivity index (χ0v) is 11.0. The van der Waals surface area contributed by atoms with E-state index in [2.05, 4.69) is 21.1 Å². The van der Waals surface area contributed by atoms with Crippen LogP contribution >= 0.6 is 0 Å². The maximum Gasteiger partial charge on any atom is 0.332 e. The number of carbonyl (C=O) groups is 2. The van der Waals surface area contributed by atoms with Crippen LogP contribution in [0.2, 0.25) is 0 Å². The van der Waals surface area contributed by atoms with Crippen LogP contribution in [0.3, 0.4) is 0 Å². The van der Waals surface area contributed by atoms with E-state index in [0.717, 1.165) is 5.56 Å². The van der Waals surface area contributed by atoms with Gasteiger partial charge in [-0.05, 0) is 12.5 Å². The third-order valence-corrected chi connectivity index (χ3v) is 2.19. The number of nitrogens with zero attached hydrogens (tertiary/aromatic N) is 2. The lowest BCUT2D eigenvalue weighted by atomic mass is 10.1. The van der Waals surface area contributed by atoms with Crippen molar-refractivity contribution >= 4 is 23.5 Å². The molecule has 1 rings (SSSR count). The summed E-state index contributed by atoms with van der Waals surface area (Å²) in [6.07, 6.45) is 0.310. The Morgan fingerprint density at radius 3 is 2.15 bits per heavy atom. The lowest BCUT2D eigenvalue weighted by Gasteiger charge is -2.07. The summed E-state index contributed by atoms with van der Waals surface area (Å²) in [5.41, 5.74) is 16.1. The maximum absolute atomic E-state index is 10.7. The summed E-state index contributed by atoms with van der Waals surface area (Å²) in [5.74, 6) is 0. The Bertz CT molecular complexity index is 538. The van der Waals surface area contributed by atoms with Gasteiger partial charge in [0.15, 0.2) is 0 Å². The van der Waals surface area contributed by atoms with Crippen molar-refractivity contribution in [3.63, 3.8) is 0 Å². The van der Waals surface area contributed by atoms with E-state index >= 15 is 0 Å². The fourth-order valence-corrected chi connectivity index (χ4v) is 1.39. The normalized spacial score (nSPS) is 11.8. The minimum absolute atomic E-state index is 0.310. The largest absolute Gasteiger partial charge is 0.350 e. The number of rotatable bonds is 5. The SMILES string of the molecule is CC(CC(=NNC(N)=O)c1ccccc1)=NNC(N)=O. The predicted molar refractivity (Wildman–Crippen MR) is 76.1 cm³/mol. The number of hydrogen-bond donors (Lipinski definition) is 4. The number of nitrogens with one attached hydrogen (secondary N) is 2. The van der Waals surface area contributed by atoms with Crippen LogP contribution in [0, 0.1) is 0 Å². The summed E-state index contributed by atoms with van der Waals surface area (Å²) >= 11 is 0. The second-order valence-corrected chi connectivity index (χ2v) is 3.90. The first-order valence-corrected chi connectivity index (χ1v) is 5.75. The molecule has 0 atom stereocenters. The Hall–Kier alpha value is -2.90. The number of primary amides is 2. The van der Waals surface area contributed by atoms with Gasteiger partial charge in [0.1, 0.15) is 0 Å². The fraction of sp³-hybridized carbons (Fsp3) is 0.167. The van der Waals surface area contributed by atoms with Gasteiger partial charge in [-0.3, -0.25) is 0 Å². The van der Waals surface area contributed by atoms with E-state index < -0.39 is 12.1 Å². The van der Waals surface area contributed by atoms with E-state index in [4.69, 9.17) is 11.5 Å². The van der Waals surface area contributed by atoms with Gasteiger partial charge in [-0.15, -0.1) is 0 Å². The van der Waals surface area contributed by atoms with Crippen LogP contribution in [-0.2, 0) is 0 Å². The standard InChI is InChI=1S/C12H16N6O2/c1-8(15-17-11(13)19)7-10(16-18-12(14)20)9-5-3-2-4-6-9/h2-6H,7H2,1H3,(H3,13,17,19)(H3,14,18,20). The smallest absolute Gasteiger partial charge is 0.332 e. The molecule has 1 aromatic rings. The minimum atomic E-state index is -0.761. The lowest BCUT2D eigenvalue weighted by molar-refractivity contribution is 0.248. The summed E-state index contributed by atoms with van der Waals surface area (Å²) in [7, 11) is 0. The van der Waals surface area contributed by atoms with Gasteiger partial charge in [-0.1, -0.05) is 30.3 Å². The molecule has 0 heterocycles. The molecule has 20 heavy (non-hydrogen) atoms. The van der Waals surface area contributed by atoms with Crippen molar-refractivity contribution < 1.29 is 9.59 Å². The van der Waals surface area contributed by atoms with Crippen LogP contribution in [0.25, 0.3) is 0 Å². The van der Waals surface area contributed by atoms with Crippen molar-refractivity contribution in [2.75, 3.05) is 0 Å². The van der Waals surface area contributed by atoms with E-state index in [1.165, 1.54) is 0 Å². The molecule has 1 aromatic carbocycles. The molecule has 0 unspecified atom stereocenters. The van der Waals surface area contributed by atoms with Gasteiger partial charge in [0.2, 0.25) is 0 Å². The molecule has 0 aliphatic carbocycles. The molecule has 0 aliphatic heterocycles. The number of hydrogen-bond acceptors (Lipinski definition) is 4. The minimum Gasteiger partial charge on any atom is -0.350 e. The van der Waals surface area contributed by atoms with Gasteiger partial charge >= 0.3 is 12.1 Å². The van der Waals surface area contributed by atoms with Crippen molar-refractivity contribution in [2.45, 2.75) is 13.3 Å². The van der Waals surface area contributed by atoms with E-state index in [1.54, 1.807) is 6.92 Å². The highest BCUT2D eigenvalue weighted by atomic mass is 16.2. The van der Waals surface area contributed by atoms with Gasteiger partial charge in [-0.25, -0.2) is 20.4 Å². The van der Waals surface area contributed by atoms with Crippen LogP contribution in [0.1, 0.15) is 18.9 Å². The van der Waals surface area contributed by atoms with Crippen molar-refractivity contribution in [2.24, 2.45) is 21.7 Å². The van der Waals surface area contributed by atoms with E-state index in [1.807, 2.05) is 30.3 Å². The second-order valence-electron chi connectivity index (χ2n) is 3.90. The van der Waals surface area contributed by atoms with Crippen molar-refractivity contribution in [1.29, 1.82) is 0 Å². The van der Waals surface area contributed by atoms with Crippen LogP contribution in [0.15, 0.2) is 40.5 Å². The third kappa shape index (κ3) is 5.63. The topological polar surface area (TPSA) is 135 Å². The second kappa shape index (κ2) is 7.52. The molecular formula is C12H16N6O2. The quantitative estimate of drug-likeness (QED) is 0.460. The zero-order valence-electron chi connectivity index (χ0n) is 11.0. The molecule has 0 saturated carbocycles. The molecule has 6 N–H and O–H groups in total. The highest BCUT2D eigenvalue weighted by molar-refractivity contribution is 6.12. The van der Waals surface area contributed by atoms with E-state index in [-0.39, 0.29) is 0 Å². The average molecular weight is 276 g/mol. The summed E-state index contributed by atoms with van der Waals surface area (Å²) in [4.78, 5) is 21.3. The summed E-state index contributed by atoms with van der Waals surface area (Å²) in [6.45, 7) is 1.69. The first kappa shape index (κ1) is 15.2. The molecule has 0 spiro atoms. The highest BCUT2D eigenvalue weighted by Crippen LogP contribution is 2.05. The molecule has 106 valence electrons. The zero-order chi connectivity index (χ0) is 15.0. The van der Waals surface area contributed by atoms with Crippen LogP contribution in [0.5, 0.6) is 0 Å². The van der Waals surface area contributed by atoms with E-state index in [9.17, 15) is 9.59 Å². The first-order valence-electron chi connectivity index (χ1n) is 5.75. The Morgan fingerprint density at radius 2 is 1.60 bits per heavy atom. The number of hydrazone groups is 2. The monoisotopic (exact) mass is 276 g/mol. The summed E-state index contributed by atoms with van der Waals surface area (Å²) in [6, 6.07) is 7.68. The van der Waals surface area contributed by atoms with Crippen LogP contribution < -0.4 is 22.3 Å². The maximum atomic E-state index is 10.7. The number of amides is 4. The molecule has 8 heteroatoms. The Balaban J connectivity index is 2.89. The first-order chi connectivity index (χ1) is 9.49. The molecule has 0 radical (unpaired) electrons. The lowest BCUT2D eigenvalue weighted by Crippen LogP contribution is -2.27. The fourth-order valence-electron chi connectivity index (χ4n) is 1.39. The highest BCUT2D eigenvalue weighted by Gasteiger charge is 2.06. The molecular weight excluding hydrogens is 260 g/mol. The molecule has 0 bridgehead atoms. The number of nitrogens with two attached hydrogens (primary N) is 2. The number of urea groups is 2. The molecule has 4 amide bonds. The Labute approximate surface area is 115 Å². The molecule has 0 aliphatic rings. The van der Waals surface area contributed by atoms with Crippen molar-refractivity contribution in [1.82, 2.24) is 10.9 Å². The number of carbonyl (C=O) groups excluding carboxylic acids is 2. The van der Waals surface area contributed by atoms with Gasteiger partial charge < -0.3 is 11.5 Å². The summed E-state index contributed by atoms with van der Waals surface area (Å²) in [5, 5.41) is 7.71. The average Bonchev–Trinajstić information content (AvgIpc) is 2.42. The molecule has 0 aromatic heterocycles.